The van der Waals surface area contributed by atoms with Crippen molar-refractivity contribution in [1.29, 1.82) is 0 Å². The average molecular weight is 304 g/mol. The van der Waals surface area contributed by atoms with Crippen LogP contribution in [0.3, 0.4) is 0 Å². The van der Waals surface area contributed by atoms with Crippen LogP contribution in [-0.2, 0) is 0 Å². The van der Waals surface area contributed by atoms with E-state index in [-0.39, 0.29) is 5.91 Å². The van der Waals surface area contributed by atoms with Crippen LogP contribution >= 0.6 is 11.8 Å². The van der Waals surface area contributed by atoms with Crippen molar-refractivity contribution in [1.82, 2.24) is 4.90 Å². The number of hydrogen-bond acceptors (Lipinski definition) is 3. The van der Waals surface area contributed by atoms with Crippen LogP contribution in [0.2, 0.25) is 0 Å². The summed E-state index contributed by atoms with van der Waals surface area (Å²) in [6, 6.07) is 8.91. The van der Waals surface area contributed by atoms with Gasteiger partial charge in [-0.05, 0) is 50.1 Å². The van der Waals surface area contributed by atoms with Crippen molar-refractivity contribution in [3.63, 3.8) is 0 Å². The van der Waals surface area contributed by atoms with Gasteiger partial charge >= 0.3 is 0 Å². The van der Waals surface area contributed by atoms with E-state index in [4.69, 9.17) is 0 Å². The number of anilines is 1. The van der Waals surface area contributed by atoms with E-state index in [0.717, 1.165) is 29.3 Å². The van der Waals surface area contributed by atoms with Crippen LogP contribution in [0.4, 0.5) is 5.69 Å². The first-order chi connectivity index (χ1) is 10.1. The molecule has 1 amide bonds. The van der Waals surface area contributed by atoms with Crippen LogP contribution in [0.5, 0.6) is 0 Å². The fourth-order valence-electron chi connectivity index (χ4n) is 3.72. The summed E-state index contributed by atoms with van der Waals surface area (Å²) in [6.45, 7) is 0. The molecule has 3 atom stereocenters. The summed E-state index contributed by atoms with van der Waals surface area (Å²) in [5.41, 5.74) is 1.92. The quantitative estimate of drug-likeness (QED) is 0.856. The molecule has 0 radical (unpaired) electrons. The first-order valence-corrected chi connectivity index (χ1v) is 9.01. The Kier molecular flexibility index (Phi) is 4.16. The zero-order valence-corrected chi connectivity index (χ0v) is 13.9. The van der Waals surface area contributed by atoms with Gasteiger partial charge in [-0.2, -0.15) is 11.8 Å². The minimum Gasteiger partial charge on any atom is -0.378 e. The van der Waals surface area contributed by atoms with Gasteiger partial charge in [-0.15, -0.1) is 0 Å². The summed E-state index contributed by atoms with van der Waals surface area (Å²) in [5, 5.41) is 0.736. The predicted molar refractivity (Wildman–Crippen MR) is 90.3 cm³/mol. The van der Waals surface area contributed by atoms with Gasteiger partial charge in [0.25, 0.3) is 5.91 Å². The molecule has 3 rings (SSSR count). The molecule has 2 saturated heterocycles. The molecule has 2 bridgehead atoms. The molecular weight excluding hydrogens is 280 g/mol. The summed E-state index contributed by atoms with van der Waals surface area (Å²) in [6.07, 6.45) is 6.89. The molecule has 1 unspecified atom stereocenters. The highest BCUT2D eigenvalue weighted by Gasteiger charge is 2.43. The number of carbonyl (C=O) groups is 1. The zero-order valence-electron chi connectivity index (χ0n) is 13.1. The summed E-state index contributed by atoms with van der Waals surface area (Å²) >= 11 is 1.96. The molecule has 114 valence electrons. The number of thioether (sulfide) groups is 1. The summed E-state index contributed by atoms with van der Waals surface area (Å²) in [4.78, 5) is 17.2. The molecule has 1 aromatic carbocycles. The lowest BCUT2D eigenvalue weighted by atomic mass is 10.0. The number of fused-ring (bicyclic) bond motifs is 2. The molecule has 2 fully saturated rings. The molecule has 2 aliphatic heterocycles. The molecule has 1 aromatic rings. The second-order valence-corrected chi connectivity index (χ2v) is 7.51. The van der Waals surface area contributed by atoms with Crippen LogP contribution in [0, 0.1) is 0 Å². The van der Waals surface area contributed by atoms with E-state index in [1.165, 1.54) is 12.8 Å². The third kappa shape index (κ3) is 2.78. The molecule has 2 aliphatic rings. The van der Waals surface area contributed by atoms with Gasteiger partial charge in [0.05, 0.1) is 0 Å². The Morgan fingerprint density at radius 3 is 2.48 bits per heavy atom. The Morgan fingerprint density at radius 2 is 1.90 bits per heavy atom. The van der Waals surface area contributed by atoms with E-state index in [1.807, 2.05) is 55.0 Å². The Labute approximate surface area is 131 Å². The van der Waals surface area contributed by atoms with Crippen LogP contribution in [-0.4, -0.2) is 48.5 Å². The summed E-state index contributed by atoms with van der Waals surface area (Å²) < 4.78 is 0. The van der Waals surface area contributed by atoms with Crippen LogP contribution in [0.15, 0.2) is 24.3 Å². The van der Waals surface area contributed by atoms with Crippen molar-refractivity contribution >= 4 is 23.4 Å². The maximum absolute atomic E-state index is 12.9. The number of carbonyl (C=O) groups excluding carboxylic acids is 1. The smallest absolute Gasteiger partial charge is 0.254 e. The lowest BCUT2D eigenvalue weighted by Gasteiger charge is -2.38. The zero-order chi connectivity index (χ0) is 15.0. The third-order valence-corrected chi connectivity index (χ3v) is 5.92. The van der Waals surface area contributed by atoms with E-state index < -0.39 is 0 Å². The molecule has 4 heteroatoms. The van der Waals surface area contributed by atoms with Gasteiger partial charge in [0.2, 0.25) is 0 Å². The second kappa shape index (κ2) is 5.91. The highest BCUT2D eigenvalue weighted by molar-refractivity contribution is 7.99. The van der Waals surface area contributed by atoms with Gasteiger partial charge in [0.1, 0.15) is 0 Å². The molecule has 0 spiro atoms. The van der Waals surface area contributed by atoms with E-state index >= 15 is 0 Å². The lowest BCUT2D eigenvalue weighted by Crippen LogP contribution is -2.47. The fraction of sp³-hybridized carbons (Fsp3) is 0.588. The molecule has 0 saturated carbocycles. The first kappa shape index (κ1) is 14.8. The number of piperidine rings is 1. The van der Waals surface area contributed by atoms with Crippen molar-refractivity contribution in [2.24, 2.45) is 0 Å². The van der Waals surface area contributed by atoms with Gasteiger partial charge < -0.3 is 9.80 Å². The highest BCUT2D eigenvalue weighted by atomic mass is 32.2. The Hall–Kier alpha value is -1.16. The van der Waals surface area contributed by atoms with E-state index in [1.54, 1.807) is 0 Å². The van der Waals surface area contributed by atoms with E-state index in [0.29, 0.717) is 12.1 Å². The van der Waals surface area contributed by atoms with Crippen molar-refractivity contribution in [2.45, 2.75) is 43.0 Å². The minimum absolute atomic E-state index is 0.228. The molecule has 3 nitrogen and oxygen atoms in total. The predicted octanol–water partition coefficient (Wildman–Crippen LogP) is 3.25. The number of hydrogen-bond donors (Lipinski definition) is 0. The molecular formula is C17H24N2OS. The van der Waals surface area contributed by atoms with Gasteiger partial charge in [0, 0.05) is 42.7 Å². The SMILES string of the molecule is CSC1C[C@H]2CC[C@@H](C1)N2C(=O)c1cccc(N(C)C)c1. The summed E-state index contributed by atoms with van der Waals surface area (Å²) in [7, 11) is 4.02. The van der Waals surface area contributed by atoms with E-state index in [2.05, 4.69) is 11.2 Å². The topological polar surface area (TPSA) is 23.6 Å². The maximum Gasteiger partial charge on any atom is 0.254 e. The number of amides is 1. The van der Waals surface area contributed by atoms with Crippen LogP contribution < -0.4 is 4.90 Å². The molecule has 0 N–H and O–H groups in total. The molecule has 21 heavy (non-hydrogen) atoms. The molecule has 2 heterocycles. The normalized spacial score (nSPS) is 27.8. The van der Waals surface area contributed by atoms with Crippen LogP contribution in [0.25, 0.3) is 0 Å². The van der Waals surface area contributed by atoms with Crippen molar-refractivity contribution in [2.75, 3.05) is 25.3 Å². The molecule has 0 aliphatic carbocycles. The monoisotopic (exact) mass is 304 g/mol. The van der Waals surface area contributed by atoms with Crippen molar-refractivity contribution < 1.29 is 4.79 Å². The van der Waals surface area contributed by atoms with Gasteiger partial charge in [-0.1, -0.05) is 6.07 Å². The van der Waals surface area contributed by atoms with Crippen molar-refractivity contribution in [3.05, 3.63) is 29.8 Å². The third-order valence-electron chi connectivity index (χ3n) is 4.87. The van der Waals surface area contributed by atoms with Gasteiger partial charge in [-0.3, -0.25) is 4.79 Å². The Balaban J connectivity index is 1.81. The maximum atomic E-state index is 12.9. The minimum atomic E-state index is 0.228. The van der Waals surface area contributed by atoms with E-state index in [9.17, 15) is 4.79 Å². The summed E-state index contributed by atoms with van der Waals surface area (Å²) in [5.74, 6) is 0.228. The fourth-order valence-corrected chi connectivity index (χ4v) is 4.55. The lowest BCUT2D eigenvalue weighted by molar-refractivity contribution is 0.0602. The number of nitrogens with zero attached hydrogens (tertiary/aromatic N) is 2. The second-order valence-electron chi connectivity index (χ2n) is 6.37. The number of benzene rings is 1. The first-order valence-electron chi connectivity index (χ1n) is 7.73. The average Bonchev–Trinajstić information content (AvgIpc) is 2.76. The van der Waals surface area contributed by atoms with Crippen molar-refractivity contribution in [3.8, 4) is 0 Å². The van der Waals surface area contributed by atoms with Crippen LogP contribution in [0.1, 0.15) is 36.0 Å². The Morgan fingerprint density at radius 1 is 1.24 bits per heavy atom. The molecule has 0 aromatic heterocycles. The number of rotatable bonds is 3. The van der Waals surface area contributed by atoms with Gasteiger partial charge in [-0.25, -0.2) is 0 Å². The standard InChI is InChI=1S/C17H24N2OS/c1-18(2)13-6-4-5-12(9-13)17(20)19-14-7-8-15(19)11-16(10-14)21-3/h4-6,9,14-16H,7-8,10-11H2,1-3H3/t14-,15+,16?. The van der Waals surface area contributed by atoms with Gasteiger partial charge in [0.15, 0.2) is 0 Å². The largest absolute Gasteiger partial charge is 0.378 e. The highest BCUT2D eigenvalue weighted by Crippen LogP contribution is 2.40. The Bertz CT molecular complexity index is 517.